The highest BCUT2D eigenvalue weighted by Crippen LogP contribution is 2.21. The molecule has 0 radical (unpaired) electrons. The molecular weight excluding hydrogens is 172 g/mol. The number of hydrogen-bond donors (Lipinski definition) is 0. The molecular formula is C12H18N2. The molecule has 0 spiro atoms. The summed E-state index contributed by atoms with van der Waals surface area (Å²) in [5.74, 6) is 0.824. The molecule has 2 heteroatoms. The zero-order valence-corrected chi connectivity index (χ0v) is 9.03. The van der Waals surface area contributed by atoms with Crippen LogP contribution in [0.1, 0.15) is 25.5 Å². The maximum Gasteiger partial charge on any atom is 0.0553 e. The van der Waals surface area contributed by atoms with Crippen molar-refractivity contribution in [2.75, 3.05) is 18.0 Å². The van der Waals surface area contributed by atoms with Crippen molar-refractivity contribution in [3.63, 3.8) is 0 Å². The van der Waals surface area contributed by atoms with E-state index in [-0.39, 0.29) is 0 Å². The van der Waals surface area contributed by atoms with Gasteiger partial charge in [0.25, 0.3) is 0 Å². The summed E-state index contributed by atoms with van der Waals surface area (Å²) >= 11 is 0. The normalized spacial score (nSPS) is 22.4. The van der Waals surface area contributed by atoms with Gasteiger partial charge in [-0.3, -0.25) is 4.98 Å². The van der Waals surface area contributed by atoms with Crippen LogP contribution < -0.4 is 4.90 Å². The van der Waals surface area contributed by atoms with Crippen LogP contribution >= 0.6 is 0 Å². The van der Waals surface area contributed by atoms with Gasteiger partial charge in [-0.05, 0) is 37.8 Å². The predicted octanol–water partition coefficient (Wildman–Crippen LogP) is 2.63. The number of nitrogens with zero attached hydrogens (tertiary/aromatic N) is 2. The van der Waals surface area contributed by atoms with Gasteiger partial charge in [0.15, 0.2) is 0 Å². The van der Waals surface area contributed by atoms with Gasteiger partial charge in [-0.25, -0.2) is 0 Å². The van der Waals surface area contributed by atoms with E-state index in [1.54, 1.807) is 0 Å². The second kappa shape index (κ2) is 3.99. The third-order valence-electron chi connectivity index (χ3n) is 2.92. The molecule has 0 amide bonds. The van der Waals surface area contributed by atoms with Crippen LogP contribution in [-0.2, 0) is 0 Å². The molecule has 0 aliphatic carbocycles. The molecule has 1 aliphatic rings. The molecule has 1 fully saturated rings. The van der Waals surface area contributed by atoms with Crippen molar-refractivity contribution in [3.05, 3.63) is 24.0 Å². The number of rotatable bonds is 1. The van der Waals surface area contributed by atoms with Crippen molar-refractivity contribution >= 4 is 5.69 Å². The lowest BCUT2D eigenvalue weighted by Crippen LogP contribution is -2.34. The van der Waals surface area contributed by atoms with Gasteiger partial charge in [-0.1, -0.05) is 6.92 Å². The Kier molecular flexibility index (Phi) is 2.71. The summed E-state index contributed by atoms with van der Waals surface area (Å²) in [6, 6.07) is 4.27. The third kappa shape index (κ3) is 2.06. The molecule has 0 bridgehead atoms. The minimum atomic E-state index is 0.824. The SMILES string of the molecule is Cc1ccc(N2CCC[C@H](C)C2)cn1. The maximum absolute atomic E-state index is 4.34. The number of pyridine rings is 1. The summed E-state index contributed by atoms with van der Waals surface area (Å²) in [6.45, 7) is 6.73. The fourth-order valence-electron chi connectivity index (χ4n) is 2.07. The van der Waals surface area contributed by atoms with Gasteiger partial charge in [0, 0.05) is 18.8 Å². The van der Waals surface area contributed by atoms with E-state index in [9.17, 15) is 0 Å². The molecule has 76 valence electrons. The topological polar surface area (TPSA) is 16.1 Å². The Balaban J connectivity index is 2.10. The Morgan fingerprint density at radius 2 is 2.29 bits per heavy atom. The molecule has 0 N–H and O–H groups in total. The maximum atomic E-state index is 4.34. The summed E-state index contributed by atoms with van der Waals surface area (Å²) in [5, 5.41) is 0. The lowest BCUT2D eigenvalue weighted by atomic mass is 10.00. The van der Waals surface area contributed by atoms with E-state index >= 15 is 0 Å². The quantitative estimate of drug-likeness (QED) is 0.676. The summed E-state index contributed by atoms with van der Waals surface area (Å²) in [7, 11) is 0. The molecule has 2 rings (SSSR count). The first kappa shape index (κ1) is 9.50. The van der Waals surface area contributed by atoms with Crippen molar-refractivity contribution in [2.45, 2.75) is 26.7 Å². The minimum Gasteiger partial charge on any atom is -0.370 e. The minimum absolute atomic E-state index is 0.824. The average Bonchev–Trinajstić information content (AvgIpc) is 2.19. The zero-order chi connectivity index (χ0) is 9.97. The Morgan fingerprint density at radius 1 is 1.43 bits per heavy atom. The van der Waals surface area contributed by atoms with Gasteiger partial charge in [0.05, 0.1) is 11.9 Å². The molecule has 1 atom stereocenters. The molecule has 14 heavy (non-hydrogen) atoms. The average molecular weight is 190 g/mol. The van der Waals surface area contributed by atoms with Crippen LogP contribution in [0.4, 0.5) is 5.69 Å². The first-order valence-corrected chi connectivity index (χ1v) is 5.43. The van der Waals surface area contributed by atoms with E-state index < -0.39 is 0 Å². The first-order chi connectivity index (χ1) is 6.75. The number of piperidine rings is 1. The molecule has 1 aromatic heterocycles. The Morgan fingerprint density at radius 3 is 2.93 bits per heavy atom. The second-order valence-corrected chi connectivity index (χ2v) is 4.35. The van der Waals surface area contributed by atoms with Crippen LogP contribution in [0.25, 0.3) is 0 Å². The highest BCUT2D eigenvalue weighted by Gasteiger charge is 2.16. The largest absolute Gasteiger partial charge is 0.370 e. The lowest BCUT2D eigenvalue weighted by Gasteiger charge is -2.32. The first-order valence-electron chi connectivity index (χ1n) is 5.43. The van der Waals surface area contributed by atoms with Gasteiger partial charge < -0.3 is 4.90 Å². The molecule has 2 nitrogen and oxygen atoms in total. The number of anilines is 1. The van der Waals surface area contributed by atoms with E-state index in [4.69, 9.17) is 0 Å². The van der Waals surface area contributed by atoms with Crippen molar-refractivity contribution in [3.8, 4) is 0 Å². The molecule has 0 unspecified atom stereocenters. The van der Waals surface area contributed by atoms with Gasteiger partial charge in [0.2, 0.25) is 0 Å². The van der Waals surface area contributed by atoms with Gasteiger partial charge in [0.1, 0.15) is 0 Å². The van der Waals surface area contributed by atoms with Gasteiger partial charge in [-0.15, -0.1) is 0 Å². The molecule has 0 saturated carbocycles. The van der Waals surface area contributed by atoms with E-state index in [0.29, 0.717) is 0 Å². The van der Waals surface area contributed by atoms with E-state index in [1.807, 2.05) is 13.1 Å². The molecule has 1 saturated heterocycles. The molecule has 0 aromatic carbocycles. The van der Waals surface area contributed by atoms with Crippen molar-refractivity contribution in [1.82, 2.24) is 4.98 Å². The zero-order valence-electron chi connectivity index (χ0n) is 9.03. The molecule has 2 heterocycles. The predicted molar refractivity (Wildman–Crippen MR) is 59.6 cm³/mol. The summed E-state index contributed by atoms with van der Waals surface area (Å²) in [5.41, 5.74) is 2.38. The fourth-order valence-corrected chi connectivity index (χ4v) is 2.07. The van der Waals surface area contributed by atoms with Crippen LogP contribution in [0.2, 0.25) is 0 Å². The number of hydrogen-bond acceptors (Lipinski definition) is 2. The lowest BCUT2D eigenvalue weighted by molar-refractivity contribution is 0.446. The smallest absolute Gasteiger partial charge is 0.0553 e. The monoisotopic (exact) mass is 190 g/mol. The highest BCUT2D eigenvalue weighted by molar-refractivity contribution is 5.44. The fraction of sp³-hybridized carbons (Fsp3) is 0.583. The number of aryl methyl sites for hydroxylation is 1. The molecule has 1 aromatic rings. The Labute approximate surface area is 86.0 Å². The van der Waals surface area contributed by atoms with Crippen LogP contribution in [0.5, 0.6) is 0 Å². The summed E-state index contributed by atoms with van der Waals surface area (Å²) in [4.78, 5) is 6.78. The highest BCUT2D eigenvalue weighted by atomic mass is 15.1. The van der Waals surface area contributed by atoms with Crippen LogP contribution in [0.15, 0.2) is 18.3 Å². The van der Waals surface area contributed by atoms with Crippen molar-refractivity contribution < 1.29 is 0 Å². The van der Waals surface area contributed by atoms with Gasteiger partial charge >= 0.3 is 0 Å². The number of aromatic nitrogens is 1. The van der Waals surface area contributed by atoms with Crippen molar-refractivity contribution in [1.29, 1.82) is 0 Å². The van der Waals surface area contributed by atoms with Crippen LogP contribution in [0.3, 0.4) is 0 Å². The van der Waals surface area contributed by atoms with E-state index in [1.165, 1.54) is 31.6 Å². The van der Waals surface area contributed by atoms with Crippen LogP contribution in [0, 0.1) is 12.8 Å². The standard InChI is InChI=1S/C12H18N2/c1-10-4-3-7-14(9-10)12-6-5-11(2)13-8-12/h5-6,8,10H,3-4,7,9H2,1-2H3/t10-/m0/s1. The Hall–Kier alpha value is -1.05. The van der Waals surface area contributed by atoms with Crippen LogP contribution in [-0.4, -0.2) is 18.1 Å². The van der Waals surface area contributed by atoms with Gasteiger partial charge in [-0.2, -0.15) is 0 Å². The third-order valence-corrected chi connectivity index (χ3v) is 2.92. The van der Waals surface area contributed by atoms with E-state index in [2.05, 4.69) is 28.9 Å². The summed E-state index contributed by atoms with van der Waals surface area (Å²) < 4.78 is 0. The summed E-state index contributed by atoms with van der Waals surface area (Å²) in [6.07, 6.45) is 4.68. The Bertz CT molecular complexity index is 292. The van der Waals surface area contributed by atoms with E-state index in [0.717, 1.165) is 11.6 Å². The molecule has 1 aliphatic heterocycles. The second-order valence-electron chi connectivity index (χ2n) is 4.35. The van der Waals surface area contributed by atoms with Crippen molar-refractivity contribution in [2.24, 2.45) is 5.92 Å².